The van der Waals surface area contributed by atoms with Gasteiger partial charge in [-0.3, -0.25) is 19.3 Å². The molecule has 1 atom stereocenters. The highest BCUT2D eigenvalue weighted by Crippen LogP contribution is 2.18. The van der Waals surface area contributed by atoms with Crippen LogP contribution in [-0.2, 0) is 27.4 Å². The number of halogens is 1. The van der Waals surface area contributed by atoms with E-state index >= 15 is 0 Å². The number of hydrogen-bond donors (Lipinski definition) is 0. The Morgan fingerprint density at radius 3 is 1.87 bits per heavy atom. The monoisotopic (exact) mass is 824 g/mol. The number of benzene rings is 2. The summed E-state index contributed by atoms with van der Waals surface area (Å²) in [6.45, 7) is 20.8. The average molecular weight is 825 g/mol. The molecule has 52 heavy (non-hydrogen) atoms. The smallest absolute Gasteiger partial charge is 0.343 e. The number of hydrogen-bond acceptors (Lipinski definition) is 9. The number of carbonyl (C=O) groups excluding carboxylic acids is 2. The summed E-state index contributed by atoms with van der Waals surface area (Å²) in [7, 11) is 0. The van der Waals surface area contributed by atoms with Gasteiger partial charge in [0.2, 0.25) is 10.9 Å². The molecule has 278 valence electrons. The van der Waals surface area contributed by atoms with Gasteiger partial charge in [-0.25, -0.2) is 9.59 Å². The number of ether oxygens (including phenoxy) is 2. The number of rotatable bonds is 8. The lowest BCUT2D eigenvalue weighted by Crippen LogP contribution is -2.53. The molecule has 1 aliphatic heterocycles. The van der Waals surface area contributed by atoms with Gasteiger partial charge in [0, 0.05) is 71.1 Å². The molecule has 0 amide bonds. The molecule has 0 saturated carbocycles. The summed E-state index contributed by atoms with van der Waals surface area (Å²) in [5.41, 5.74) is 1.74. The highest BCUT2D eigenvalue weighted by atomic mass is 127. The molecule has 0 radical (unpaired) electrons. The molecule has 5 rings (SSSR count). The van der Waals surface area contributed by atoms with E-state index in [-0.39, 0.29) is 40.8 Å². The molecule has 0 N–H and O–H groups in total. The van der Waals surface area contributed by atoms with Crippen molar-refractivity contribution in [3.8, 4) is 11.8 Å². The van der Waals surface area contributed by atoms with Crippen LogP contribution in [0.2, 0.25) is 0 Å². The zero-order valence-electron chi connectivity index (χ0n) is 31.4. The minimum atomic E-state index is -0.591. The van der Waals surface area contributed by atoms with Gasteiger partial charge in [0.05, 0.1) is 36.4 Å². The normalized spacial score (nSPS) is 15.1. The summed E-state index contributed by atoms with van der Waals surface area (Å²) in [5, 5.41) is 3.08. The third kappa shape index (κ3) is 10.1. The van der Waals surface area contributed by atoms with Crippen LogP contribution >= 0.6 is 22.6 Å². The Bertz CT molecular complexity index is 2110. The summed E-state index contributed by atoms with van der Waals surface area (Å²) >= 11 is 2.15. The van der Waals surface area contributed by atoms with E-state index in [0.29, 0.717) is 36.4 Å². The van der Waals surface area contributed by atoms with Gasteiger partial charge in [-0.1, -0.05) is 11.8 Å². The molecule has 2 aromatic heterocycles. The minimum absolute atomic E-state index is 0.0560. The molecule has 12 heteroatoms. The third-order valence-electron chi connectivity index (χ3n) is 8.44. The number of pyridine rings is 2. The first-order valence-electron chi connectivity index (χ1n) is 17.7. The SMILES string of the molecule is CCOC(=O)c1cn(CC)c2ccc(C#CCN3CCN(OC(C)(C)C)CC3C)cc2c1=O.CCOC(=O)c1cn(CC)c2ccc(I)cc2c1=O. The van der Waals surface area contributed by atoms with E-state index in [9.17, 15) is 19.2 Å². The second-order valence-corrected chi connectivity index (χ2v) is 14.6. The van der Waals surface area contributed by atoms with E-state index in [1.165, 1.54) is 0 Å². The van der Waals surface area contributed by atoms with Gasteiger partial charge in [-0.2, -0.15) is 5.06 Å². The standard InChI is InChI=1S/C26H35N3O4.C14H14INO3/c1-7-27-18-22(25(31)32-8-2)24(30)21-16-20(11-12-23(21)27)10-9-13-28-14-15-29(17-19(28)3)33-26(4,5)6;1-3-16-8-11(14(18)19-4-2)13(17)10-7-9(15)5-6-12(10)16/h11-12,16,18-19H,7-8,13-15,17H2,1-6H3;5-8H,3-4H2,1-2H3. The second-order valence-electron chi connectivity index (χ2n) is 13.4. The van der Waals surface area contributed by atoms with Gasteiger partial charge in [0.25, 0.3) is 0 Å². The average Bonchev–Trinajstić information content (AvgIpc) is 3.09. The van der Waals surface area contributed by atoms with Crippen LogP contribution in [0.4, 0.5) is 0 Å². The number of fused-ring (bicyclic) bond motifs is 2. The Hall–Kier alpha value is -4.03. The van der Waals surface area contributed by atoms with Gasteiger partial charge in [0.15, 0.2) is 0 Å². The highest BCUT2D eigenvalue weighted by molar-refractivity contribution is 14.1. The van der Waals surface area contributed by atoms with Crippen LogP contribution in [0.15, 0.2) is 58.4 Å². The predicted molar refractivity (Wildman–Crippen MR) is 213 cm³/mol. The Morgan fingerprint density at radius 2 is 1.37 bits per heavy atom. The number of esters is 2. The van der Waals surface area contributed by atoms with E-state index in [2.05, 4.69) is 67.0 Å². The van der Waals surface area contributed by atoms with Crippen LogP contribution in [-0.4, -0.2) is 82.1 Å². The zero-order valence-corrected chi connectivity index (χ0v) is 33.5. The van der Waals surface area contributed by atoms with E-state index in [4.69, 9.17) is 14.3 Å². The molecule has 1 fully saturated rings. The Labute approximate surface area is 318 Å². The van der Waals surface area contributed by atoms with Gasteiger partial charge >= 0.3 is 11.9 Å². The number of nitrogens with zero attached hydrogens (tertiary/aromatic N) is 4. The fourth-order valence-electron chi connectivity index (χ4n) is 5.99. The molecular weight excluding hydrogens is 775 g/mol. The maximum absolute atomic E-state index is 13.0. The minimum Gasteiger partial charge on any atom is -0.462 e. The largest absolute Gasteiger partial charge is 0.462 e. The van der Waals surface area contributed by atoms with Crippen molar-refractivity contribution in [2.75, 3.05) is 39.4 Å². The number of aryl methyl sites for hydroxylation is 2. The summed E-state index contributed by atoms with van der Waals surface area (Å²) in [6.07, 6.45) is 3.16. The first-order chi connectivity index (χ1) is 24.7. The van der Waals surface area contributed by atoms with Crippen molar-refractivity contribution in [1.82, 2.24) is 19.1 Å². The molecule has 3 heterocycles. The van der Waals surface area contributed by atoms with Crippen molar-refractivity contribution in [2.24, 2.45) is 0 Å². The Morgan fingerprint density at radius 1 is 0.827 bits per heavy atom. The van der Waals surface area contributed by atoms with Crippen LogP contribution in [0.5, 0.6) is 0 Å². The Kier molecular flexibility index (Phi) is 14.2. The van der Waals surface area contributed by atoms with Crippen molar-refractivity contribution < 1.29 is 23.9 Å². The zero-order chi connectivity index (χ0) is 38.2. The summed E-state index contributed by atoms with van der Waals surface area (Å²) in [6, 6.07) is 11.6. The van der Waals surface area contributed by atoms with Gasteiger partial charge in [-0.05, 0) is 114 Å². The highest BCUT2D eigenvalue weighted by Gasteiger charge is 2.26. The maximum Gasteiger partial charge on any atom is 0.343 e. The molecule has 2 aromatic carbocycles. The first kappa shape index (κ1) is 40.7. The van der Waals surface area contributed by atoms with Crippen molar-refractivity contribution in [1.29, 1.82) is 0 Å². The summed E-state index contributed by atoms with van der Waals surface area (Å²) in [5.74, 6) is 5.29. The summed E-state index contributed by atoms with van der Waals surface area (Å²) < 4.78 is 14.7. The van der Waals surface area contributed by atoms with E-state index in [1.54, 1.807) is 38.4 Å². The molecule has 11 nitrogen and oxygen atoms in total. The molecule has 0 aliphatic carbocycles. The van der Waals surface area contributed by atoms with Gasteiger partial charge in [0.1, 0.15) is 11.1 Å². The third-order valence-corrected chi connectivity index (χ3v) is 9.11. The predicted octanol–water partition coefficient (Wildman–Crippen LogP) is 6.09. The lowest BCUT2D eigenvalue weighted by atomic mass is 10.1. The molecule has 1 aliphatic rings. The maximum atomic E-state index is 13.0. The van der Waals surface area contributed by atoms with E-state index in [1.807, 2.05) is 52.3 Å². The van der Waals surface area contributed by atoms with Crippen LogP contribution in [0, 0.1) is 15.4 Å². The molecule has 0 bridgehead atoms. The quantitative estimate of drug-likeness (QED) is 0.119. The fraction of sp³-hybridized carbons (Fsp3) is 0.450. The van der Waals surface area contributed by atoms with Crippen LogP contribution in [0.25, 0.3) is 21.8 Å². The fourth-order valence-corrected chi connectivity index (χ4v) is 6.48. The second kappa shape index (κ2) is 18.1. The summed E-state index contributed by atoms with van der Waals surface area (Å²) in [4.78, 5) is 57.7. The van der Waals surface area contributed by atoms with Crippen LogP contribution in [0.3, 0.4) is 0 Å². The number of aromatic nitrogens is 2. The van der Waals surface area contributed by atoms with E-state index in [0.717, 1.165) is 39.8 Å². The van der Waals surface area contributed by atoms with Gasteiger partial charge < -0.3 is 18.6 Å². The van der Waals surface area contributed by atoms with Crippen molar-refractivity contribution in [3.05, 3.63) is 89.5 Å². The molecule has 1 unspecified atom stereocenters. The number of carbonyl (C=O) groups is 2. The molecular formula is C40H49IN4O7. The van der Waals surface area contributed by atoms with Crippen LogP contribution in [0.1, 0.15) is 81.7 Å². The topological polar surface area (TPSA) is 112 Å². The molecule has 0 spiro atoms. The molecule has 1 saturated heterocycles. The van der Waals surface area contributed by atoms with Crippen molar-refractivity contribution in [3.63, 3.8) is 0 Å². The first-order valence-corrected chi connectivity index (χ1v) is 18.8. The lowest BCUT2D eigenvalue weighted by molar-refractivity contribution is -0.245. The van der Waals surface area contributed by atoms with E-state index < -0.39 is 11.9 Å². The lowest BCUT2D eigenvalue weighted by Gasteiger charge is -2.40. The van der Waals surface area contributed by atoms with Crippen molar-refractivity contribution >= 4 is 56.3 Å². The van der Waals surface area contributed by atoms with Gasteiger partial charge in [-0.15, -0.1) is 0 Å². The van der Waals surface area contributed by atoms with Crippen LogP contribution < -0.4 is 10.9 Å². The van der Waals surface area contributed by atoms with Crippen molar-refractivity contribution in [2.45, 2.75) is 80.1 Å². The molecule has 4 aromatic rings. The number of piperazine rings is 1. The Balaban J connectivity index is 0.000000269. The number of hydroxylamine groups is 2.